The summed E-state index contributed by atoms with van der Waals surface area (Å²) in [6.07, 6.45) is 3.22. The van der Waals surface area contributed by atoms with E-state index >= 15 is 0 Å². The Balaban J connectivity index is 2.02. The highest BCUT2D eigenvalue weighted by molar-refractivity contribution is 6.70. The minimum absolute atomic E-state index is 0.995. The lowest BCUT2D eigenvalue weighted by Gasteiger charge is -2.29. The molecule has 1 nitrogen and oxygen atoms in total. The van der Waals surface area contributed by atoms with E-state index in [-0.39, 0.29) is 0 Å². The maximum Gasteiger partial charge on any atom is 0.242 e. The van der Waals surface area contributed by atoms with Gasteiger partial charge >= 0.3 is 0 Å². The van der Waals surface area contributed by atoms with Gasteiger partial charge in [0.15, 0.2) is 0 Å². The number of rotatable bonds is 4. The highest BCUT2D eigenvalue weighted by Gasteiger charge is 2.25. The van der Waals surface area contributed by atoms with Crippen LogP contribution in [0.4, 0.5) is 0 Å². The molecule has 3 rings (SSSR count). The first kappa shape index (κ1) is 15.1. The Labute approximate surface area is 134 Å². The van der Waals surface area contributed by atoms with E-state index in [0.717, 1.165) is 25.0 Å². The number of aryl methyl sites for hydroxylation is 1. The van der Waals surface area contributed by atoms with Gasteiger partial charge in [0.1, 0.15) is 5.76 Å². The predicted octanol–water partition coefficient (Wildman–Crippen LogP) is 5.44. The molecule has 0 saturated heterocycles. The summed E-state index contributed by atoms with van der Waals surface area (Å²) in [6.45, 7) is 6.78. The maximum atomic E-state index is 6.51. The zero-order valence-electron chi connectivity index (χ0n) is 13.7. The second-order valence-electron chi connectivity index (χ2n) is 6.97. The molecule has 0 saturated carbocycles. The van der Waals surface area contributed by atoms with Gasteiger partial charge < -0.3 is 4.43 Å². The maximum absolute atomic E-state index is 6.51. The van der Waals surface area contributed by atoms with Crippen LogP contribution >= 0.6 is 0 Å². The Morgan fingerprint density at radius 1 is 0.864 bits per heavy atom. The van der Waals surface area contributed by atoms with Crippen molar-refractivity contribution in [3.05, 3.63) is 76.9 Å². The predicted molar refractivity (Wildman–Crippen MR) is 96.3 cm³/mol. The molecule has 2 heteroatoms. The summed E-state index contributed by atoms with van der Waals surface area (Å²) in [4.78, 5) is 0. The first-order valence-corrected chi connectivity index (χ1v) is 11.5. The molecule has 2 aromatic rings. The smallest absolute Gasteiger partial charge is 0.242 e. The van der Waals surface area contributed by atoms with Crippen molar-refractivity contribution >= 4 is 14.1 Å². The quantitative estimate of drug-likeness (QED) is 0.684. The minimum Gasteiger partial charge on any atom is -0.544 e. The fourth-order valence-corrected chi connectivity index (χ4v) is 3.86. The Morgan fingerprint density at radius 2 is 1.55 bits per heavy atom. The van der Waals surface area contributed by atoms with Gasteiger partial charge in [-0.25, -0.2) is 0 Å². The highest BCUT2D eigenvalue weighted by Crippen LogP contribution is 2.35. The summed E-state index contributed by atoms with van der Waals surface area (Å²) in [5, 5.41) is 0. The molecule has 0 radical (unpaired) electrons. The van der Waals surface area contributed by atoms with Crippen LogP contribution in [0.25, 0.3) is 5.76 Å². The molecule has 1 aliphatic rings. The Hall–Kier alpha value is -1.80. The van der Waals surface area contributed by atoms with Crippen LogP contribution in [0.2, 0.25) is 19.6 Å². The minimum atomic E-state index is -1.63. The van der Waals surface area contributed by atoms with Gasteiger partial charge in [-0.05, 0) is 55.6 Å². The summed E-state index contributed by atoms with van der Waals surface area (Å²) in [5.41, 5.74) is 5.55. The third-order valence-electron chi connectivity index (χ3n) is 3.95. The number of benzene rings is 2. The van der Waals surface area contributed by atoms with Crippen LogP contribution in [0.15, 0.2) is 60.2 Å². The van der Waals surface area contributed by atoms with Crippen molar-refractivity contribution in [2.75, 3.05) is 0 Å². The van der Waals surface area contributed by atoms with Crippen LogP contribution in [0.5, 0.6) is 0 Å². The first-order valence-electron chi connectivity index (χ1n) is 8.06. The van der Waals surface area contributed by atoms with Crippen molar-refractivity contribution in [2.45, 2.75) is 38.9 Å². The average Bonchev–Trinajstić information content (AvgIpc) is 2.49. The number of allylic oxidation sites excluding steroid dienone is 1. The Morgan fingerprint density at radius 3 is 2.27 bits per heavy atom. The van der Waals surface area contributed by atoms with E-state index in [4.69, 9.17) is 4.43 Å². The highest BCUT2D eigenvalue weighted by atomic mass is 28.4. The van der Waals surface area contributed by atoms with Crippen LogP contribution in [-0.4, -0.2) is 8.32 Å². The van der Waals surface area contributed by atoms with Crippen molar-refractivity contribution in [3.63, 3.8) is 0 Å². The second kappa shape index (κ2) is 6.13. The average molecular weight is 308 g/mol. The van der Waals surface area contributed by atoms with Gasteiger partial charge in [-0.2, -0.15) is 0 Å². The SMILES string of the molecule is C[Si](C)(C)OC1=C(Cc2ccccc2)CCc2ccccc21. The van der Waals surface area contributed by atoms with Crippen molar-refractivity contribution < 1.29 is 4.43 Å². The van der Waals surface area contributed by atoms with E-state index in [1.165, 1.54) is 22.3 Å². The van der Waals surface area contributed by atoms with Gasteiger partial charge in [0.2, 0.25) is 8.32 Å². The molecule has 1 aliphatic carbocycles. The fraction of sp³-hybridized carbons (Fsp3) is 0.300. The van der Waals surface area contributed by atoms with E-state index in [9.17, 15) is 0 Å². The molecule has 0 heterocycles. The van der Waals surface area contributed by atoms with E-state index in [2.05, 4.69) is 74.2 Å². The fourth-order valence-electron chi connectivity index (χ4n) is 2.99. The van der Waals surface area contributed by atoms with Crippen LogP contribution in [0, 0.1) is 0 Å². The largest absolute Gasteiger partial charge is 0.544 e. The standard InChI is InChI=1S/C20H24OSi/c1-22(2,3)21-20-18(15-16-9-5-4-6-10-16)14-13-17-11-7-8-12-19(17)20/h4-12H,13-15H2,1-3H3. The molecule has 2 aromatic carbocycles. The lowest BCUT2D eigenvalue weighted by Crippen LogP contribution is -2.26. The van der Waals surface area contributed by atoms with Gasteiger partial charge in [-0.15, -0.1) is 0 Å². The van der Waals surface area contributed by atoms with Crippen molar-refractivity contribution in [2.24, 2.45) is 0 Å². The van der Waals surface area contributed by atoms with Crippen molar-refractivity contribution in [3.8, 4) is 0 Å². The molecule has 0 amide bonds. The normalized spacial score (nSPS) is 14.7. The molecule has 114 valence electrons. The van der Waals surface area contributed by atoms with Crippen molar-refractivity contribution in [1.29, 1.82) is 0 Å². The van der Waals surface area contributed by atoms with Gasteiger partial charge in [0.25, 0.3) is 0 Å². The van der Waals surface area contributed by atoms with Gasteiger partial charge in [-0.3, -0.25) is 0 Å². The Kier molecular flexibility index (Phi) is 4.21. The summed E-state index contributed by atoms with van der Waals surface area (Å²) in [5.74, 6) is 1.16. The molecule has 22 heavy (non-hydrogen) atoms. The number of fused-ring (bicyclic) bond motifs is 1. The number of hydrogen-bond donors (Lipinski definition) is 0. The second-order valence-corrected chi connectivity index (χ2v) is 11.4. The molecule has 0 spiro atoms. The Bertz CT molecular complexity index is 680. The zero-order chi connectivity index (χ0) is 15.6. The van der Waals surface area contributed by atoms with E-state index in [1.807, 2.05) is 0 Å². The molecule has 0 aromatic heterocycles. The third kappa shape index (κ3) is 3.50. The van der Waals surface area contributed by atoms with Crippen LogP contribution in [0.3, 0.4) is 0 Å². The number of hydrogen-bond acceptors (Lipinski definition) is 1. The molecule has 0 N–H and O–H groups in total. The molecule has 0 atom stereocenters. The summed E-state index contributed by atoms with van der Waals surface area (Å²) in [7, 11) is -1.63. The van der Waals surface area contributed by atoms with Crippen LogP contribution < -0.4 is 0 Å². The van der Waals surface area contributed by atoms with Crippen LogP contribution in [-0.2, 0) is 17.3 Å². The molecule has 0 aliphatic heterocycles. The molecule has 0 unspecified atom stereocenters. The first-order chi connectivity index (χ1) is 10.5. The topological polar surface area (TPSA) is 9.23 Å². The summed E-state index contributed by atoms with van der Waals surface area (Å²) < 4.78 is 6.51. The third-order valence-corrected chi connectivity index (χ3v) is 4.76. The van der Waals surface area contributed by atoms with Gasteiger partial charge in [0, 0.05) is 5.56 Å². The molecule has 0 fully saturated rings. The van der Waals surface area contributed by atoms with Crippen LogP contribution in [0.1, 0.15) is 23.1 Å². The lowest BCUT2D eigenvalue weighted by molar-refractivity contribution is 0.500. The van der Waals surface area contributed by atoms with Gasteiger partial charge in [0.05, 0.1) is 0 Å². The van der Waals surface area contributed by atoms with Gasteiger partial charge in [-0.1, -0.05) is 54.6 Å². The summed E-state index contributed by atoms with van der Waals surface area (Å²) >= 11 is 0. The molecular weight excluding hydrogens is 284 g/mol. The molecule has 0 bridgehead atoms. The molecular formula is C20H24OSi. The monoisotopic (exact) mass is 308 g/mol. The van der Waals surface area contributed by atoms with Crippen molar-refractivity contribution in [1.82, 2.24) is 0 Å². The van der Waals surface area contributed by atoms with E-state index in [0.29, 0.717) is 0 Å². The van der Waals surface area contributed by atoms with E-state index in [1.54, 1.807) is 0 Å². The summed E-state index contributed by atoms with van der Waals surface area (Å²) in [6, 6.07) is 19.4. The lowest BCUT2D eigenvalue weighted by atomic mass is 9.88. The zero-order valence-corrected chi connectivity index (χ0v) is 14.7. The van der Waals surface area contributed by atoms with E-state index < -0.39 is 8.32 Å².